The van der Waals surface area contributed by atoms with Gasteiger partial charge in [-0.3, -0.25) is 10.1 Å². The fraction of sp³-hybridized carbons (Fsp3) is 0.154. The molecule has 1 aromatic carbocycles. The molecule has 7 heteroatoms. The maximum absolute atomic E-state index is 11.1. The summed E-state index contributed by atoms with van der Waals surface area (Å²) in [5.41, 5.74) is 0.828. The molecule has 104 valence electrons. The molecule has 2 aromatic rings. The van der Waals surface area contributed by atoms with Crippen LogP contribution in [0.4, 0.5) is 5.88 Å². The molecule has 1 aromatic heterocycles. The molecular weight excluding hydrogens is 266 g/mol. The quantitative estimate of drug-likeness (QED) is 0.665. The van der Waals surface area contributed by atoms with Gasteiger partial charge >= 0.3 is 11.9 Å². The van der Waals surface area contributed by atoms with Gasteiger partial charge in [0, 0.05) is 0 Å². The van der Waals surface area contributed by atoms with E-state index in [4.69, 9.17) is 14.3 Å². The maximum Gasteiger partial charge on any atom is 0.433 e. The monoisotopic (exact) mass is 277 g/mol. The number of carboxylic acids is 1. The normalized spacial score (nSPS) is 10.2. The Morgan fingerprint density at radius 1 is 1.40 bits per heavy atom. The molecule has 7 nitrogen and oxygen atoms in total. The molecule has 0 radical (unpaired) electrons. The zero-order valence-electron chi connectivity index (χ0n) is 10.5. The van der Waals surface area contributed by atoms with Crippen molar-refractivity contribution in [2.45, 2.75) is 13.5 Å². The molecule has 0 saturated heterocycles. The lowest BCUT2D eigenvalue weighted by molar-refractivity contribution is -0.402. The van der Waals surface area contributed by atoms with Crippen LogP contribution in [-0.4, -0.2) is 16.0 Å². The minimum absolute atomic E-state index is 0.0334. The van der Waals surface area contributed by atoms with Gasteiger partial charge < -0.3 is 14.3 Å². The van der Waals surface area contributed by atoms with Crippen molar-refractivity contribution in [1.29, 1.82) is 0 Å². The maximum atomic E-state index is 11.1. The highest BCUT2D eigenvalue weighted by Gasteiger charge is 2.15. The number of aromatic carboxylic acids is 1. The first-order valence-electron chi connectivity index (χ1n) is 5.67. The molecule has 2 rings (SSSR count). The van der Waals surface area contributed by atoms with E-state index in [1.54, 1.807) is 13.0 Å². The van der Waals surface area contributed by atoms with Crippen LogP contribution in [0.5, 0.6) is 5.75 Å². The van der Waals surface area contributed by atoms with E-state index in [0.29, 0.717) is 0 Å². The second-order valence-corrected chi connectivity index (χ2v) is 4.09. The first kappa shape index (κ1) is 13.6. The van der Waals surface area contributed by atoms with Crippen molar-refractivity contribution >= 4 is 11.9 Å². The lowest BCUT2D eigenvalue weighted by Gasteiger charge is -2.08. The van der Waals surface area contributed by atoms with Gasteiger partial charge in [0.25, 0.3) is 0 Å². The Morgan fingerprint density at radius 2 is 2.15 bits per heavy atom. The van der Waals surface area contributed by atoms with Crippen molar-refractivity contribution in [3.8, 4) is 5.75 Å². The third-order valence-corrected chi connectivity index (χ3v) is 2.56. The van der Waals surface area contributed by atoms with Gasteiger partial charge in [0.15, 0.2) is 0 Å². The summed E-state index contributed by atoms with van der Waals surface area (Å²) in [4.78, 5) is 20.9. The molecule has 0 spiro atoms. The summed E-state index contributed by atoms with van der Waals surface area (Å²) in [7, 11) is 0. The Kier molecular flexibility index (Phi) is 3.69. The lowest BCUT2D eigenvalue weighted by Crippen LogP contribution is -2.03. The molecule has 0 bridgehead atoms. The SMILES string of the molecule is Cc1ccc(OCc2ccc([N+](=O)[O-])o2)c(C(=O)O)c1. The fourth-order valence-electron chi connectivity index (χ4n) is 1.63. The fourth-order valence-corrected chi connectivity index (χ4v) is 1.63. The van der Waals surface area contributed by atoms with Gasteiger partial charge in [-0.15, -0.1) is 0 Å². The minimum Gasteiger partial charge on any atom is -0.485 e. The Hall–Kier alpha value is -2.83. The zero-order valence-corrected chi connectivity index (χ0v) is 10.5. The molecule has 1 heterocycles. The number of aryl methyl sites for hydroxylation is 1. The van der Waals surface area contributed by atoms with Crippen LogP contribution in [0.3, 0.4) is 0 Å². The number of hydrogen-bond donors (Lipinski definition) is 1. The summed E-state index contributed by atoms with van der Waals surface area (Å²) in [5, 5.41) is 19.5. The van der Waals surface area contributed by atoms with Gasteiger partial charge in [0.05, 0.1) is 6.07 Å². The molecule has 0 unspecified atom stereocenters. The Morgan fingerprint density at radius 3 is 2.75 bits per heavy atom. The first-order chi connectivity index (χ1) is 9.47. The van der Waals surface area contributed by atoms with Gasteiger partial charge in [-0.05, 0) is 25.1 Å². The largest absolute Gasteiger partial charge is 0.485 e. The predicted octanol–water partition coefficient (Wildman–Crippen LogP) is 2.77. The highest BCUT2D eigenvalue weighted by molar-refractivity contribution is 5.91. The number of benzene rings is 1. The molecule has 0 fully saturated rings. The lowest BCUT2D eigenvalue weighted by atomic mass is 10.1. The standard InChI is InChI=1S/C13H11NO6/c1-8-2-4-11(10(6-8)13(15)16)19-7-9-3-5-12(20-9)14(17)18/h2-6H,7H2,1H3,(H,15,16). The van der Waals surface area contributed by atoms with Crippen LogP contribution in [0.25, 0.3) is 0 Å². The number of hydrogen-bond acceptors (Lipinski definition) is 5. The number of carbonyl (C=O) groups is 1. The second-order valence-electron chi connectivity index (χ2n) is 4.09. The van der Waals surface area contributed by atoms with E-state index in [2.05, 4.69) is 0 Å². The van der Waals surface area contributed by atoms with Crippen molar-refractivity contribution in [1.82, 2.24) is 0 Å². The summed E-state index contributed by atoms with van der Waals surface area (Å²) in [6.07, 6.45) is 0. The van der Waals surface area contributed by atoms with Crippen LogP contribution < -0.4 is 4.74 Å². The van der Waals surface area contributed by atoms with E-state index in [9.17, 15) is 14.9 Å². The molecule has 0 amide bonds. The van der Waals surface area contributed by atoms with E-state index in [-0.39, 0.29) is 29.6 Å². The van der Waals surface area contributed by atoms with Gasteiger partial charge in [0.1, 0.15) is 28.6 Å². The van der Waals surface area contributed by atoms with E-state index in [0.717, 1.165) is 5.56 Å². The van der Waals surface area contributed by atoms with Gasteiger partial charge in [-0.1, -0.05) is 11.6 Å². The Bertz CT molecular complexity index is 661. The third-order valence-electron chi connectivity index (χ3n) is 2.56. The highest BCUT2D eigenvalue weighted by Crippen LogP contribution is 2.22. The van der Waals surface area contributed by atoms with Crippen LogP contribution >= 0.6 is 0 Å². The third kappa shape index (κ3) is 2.94. The molecule has 1 N–H and O–H groups in total. The van der Waals surface area contributed by atoms with E-state index >= 15 is 0 Å². The van der Waals surface area contributed by atoms with E-state index < -0.39 is 10.9 Å². The van der Waals surface area contributed by atoms with E-state index in [1.807, 2.05) is 0 Å². The molecule has 0 saturated carbocycles. The summed E-state index contributed by atoms with van der Waals surface area (Å²) in [6.45, 7) is 1.68. The number of nitro groups is 1. The molecule has 0 aliphatic heterocycles. The molecule has 0 atom stereocenters. The average molecular weight is 277 g/mol. The van der Waals surface area contributed by atoms with Crippen molar-refractivity contribution in [3.63, 3.8) is 0 Å². The van der Waals surface area contributed by atoms with Crippen LogP contribution in [-0.2, 0) is 6.61 Å². The Labute approximate surface area is 113 Å². The number of nitrogens with zero attached hydrogens (tertiary/aromatic N) is 1. The summed E-state index contributed by atoms with van der Waals surface area (Å²) in [5.74, 6) is -1.06. The van der Waals surface area contributed by atoms with Crippen molar-refractivity contribution in [2.75, 3.05) is 0 Å². The molecule has 20 heavy (non-hydrogen) atoms. The smallest absolute Gasteiger partial charge is 0.433 e. The van der Waals surface area contributed by atoms with Gasteiger partial charge in [-0.2, -0.15) is 0 Å². The van der Waals surface area contributed by atoms with Crippen LogP contribution in [0, 0.1) is 17.0 Å². The summed E-state index contributed by atoms with van der Waals surface area (Å²) < 4.78 is 10.3. The average Bonchev–Trinajstić information content (AvgIpc) is 2.86. The second kappa shape index (κ2) is 5.43. The molecular formula is C13H11NO6. The predicted molar refractivity (Wildman–Crippen MR) is 67.8 cm³/mol. The van der Waals surface area contributed by atoms with Gasteiger partial charge in [-0.25, -0.2) is 4.79 Å². The minimum atomic E-state index is -1.10. The first-order valence-corrected chi connectivity index (χ1v) is 5.67. The summed E-state index contributed by atoms with van der Waals surface area (Å²) >= 11 is 0. The van der Waals surface area contributed by atoms with Gasteiger partial charge in [0.2, 0.25) is 0 Å². The summed E-state index contributed by atoms with van der Waals surface area (Å²) in [6, 6.07) is 7.36. The van der Waals surface area contributed by atoms with Crippen LogP contribution in [0.15, 0.2) is 34.7 Å². The van der Waals surface area contributed by atoms with Crippen molar-refractivity contribution in [3.05, 3.63) is 57.3 Å². The van der Waals surface area contributed by atoms with Crippen LogP contribution in [0.1, 0.15) is 21.7 Å². The molecule has 0 aliphatic rings. The number of furan rings is 1. The number of carboxylic acid groups (broad SMARTS) is 1. The van der Waals surface area contributed by atoms with Crippen LogP contribution in [0.2, 0.25) is 0 Å². The van der Waals surface area contributed by atoms with E-state index in [1.165, 1.54) is 24.3 Å². The number of rotatable bonds is 5. The highest BCUT2D eigenvalue weighted by atomic mass is 16.6. The zero-order chi connectivity index (χ0) is 14.7. The van der Waals surface area contributed by atoms with Crippen molar-refractivity contribution in [2.24, 2.45) is 0 Å². The topological polar surface area (TPSA) is 103 Å². The van der Waals surface area contributed by atoms with Crippen molar-refractivity contribution < 1.29 is 24.0 Å². The Balaban J connectivity index is 2.14. The molecule has 0 aliphatic carbocycles. The number of ether oxygens (including phenoxy) is 1.